The Balaban J connectivity index is 3.02. The summed E-state index contributed by atoms with van der Waals surface area (Å²) in [5, 5.41) is 0. The van der Waals surface area contributed by atoms with Gasteiger partial charge < -0.3 is 10.6 Å². The van der Waals surface area contributed by atoms with Crippen LogP contribution in [0.2, 0.25) is 0 Å². The summed E-state index contributed by atoms with van der Waals surface area (Å²) in [5.74, 6) is -6.14. The molecule has 0 aromatic heterocycles. The third kappa shape index (κ3) is 3.31. The highest BCUT2D eigenvalue weighted by Gasteiger charge is 2.62. The molecular weight excluding hydrogens is 278 g/mol. The quantitative estimate of drug-likeness (QED) is 0.790. The number of amides is 1. The zero-order chi connectivity index (χ0) is 15.0. The average molecular weight is 292 g/mol. The molecule has 1 rings (SSSR count). The minimum Gasteiger partial charge on any atom is -0.337 e. The van der Waals surface area contributed by atoms with Crippen LogP contribution >= 0.6 is 0 Å². The molecule has 0 saturated carbocycles. The standard InChI is InChI=1S/C10H14F6N2O/c1-5-2-3-18(6(5)4-17)8(19)7(9(11,12)13)10(14,15)16/h5-7H,2-4,17H2,1H3. The van der Waals surface area contributed by atoms with Crippen molar-refractivity contribution in [3.8, 4) is 0 Å². The number of halogens is 6. The number of carbonyl (C=O) groups excluding carboxylic acids is 1. The van der Waals surface area contributed by atoms with E-state index in [2.05, 4.69) is 0 Å². The molecule has 2 unspecified atom stereocenters. The Bertz CT molecular complexity index is 326. The Morgan fingerprint density at radius 2 is 1.74 bits per heavy atom. The number of hydrogen-bond donors (Lipinski definition) is 1. The number of hydrogen-bond acceptors (Lipinski definition) is 2. The normalized spacial score (nSPS) is 25.2. The van der Waals surface area contributed by atoms with Gasteiger partial charge >= 0.3 is 12.4 Å². The molecule has 112 valence electrons. The van der Waals surface area contributed by atoms with E-state index < -0.39 is 30.2 Å². The van der Waals surface area contributed by atoms with Gasteiger partial charge in [-0.3, -0.25) is 4.79 Å². The van der Waals surface area contributed by atoms with Crippen LogP contribution in [0.25, 0.3) is 0 Å². The van der Waals surface area contributed by atoms with E-state index in [9.17, 15) is 31.1 Å². The molecule has 3 nitrogen and oxygen atoms in total. The second-order valence-corrected chi connectivity index (χ2v) is 4.62. The van der Waals surface area contributed by atoms with Crippen molar-refractivity contribution in [1.29, 1.82) is 0 Å². The van der Waals surface area contributed by atoms with Crippen LogP contribution < -0.4 is 5.73 Å². The van der Waals surface area contributed by atoms with Crippen LogP contribution in [0.15, 0.2) is 0 Å². The smallest absolute Gasteiger partial charge is 0.337 e. The minimum absolute atomic E-state index is 0.134. The Morgan fingerprint density at radius 3 is 2.11 bits per heavy atom. The van der Waals surface area contributed by atoms with Gasteiger partial charge in [0.1, 0.15) is 0 Å². The maximum absolute atomic E-state index is 12.4. The van der Waals surface area contributed by atoms with Gasteiger partial charge in [-0.05, 0) is 12.3 Å². The number of carbonyl (C=O) groups is 1. The van der Waals surface area contributed by atoms with E-state index in [0.717, 1.165) is 0 Å². The summed E-state index contributed by atoms with van der Waals surface area (Å²) in [7, 11) is 0. The molecule has 0 radical (unpaired) electrons. The highest BCUT2D eigenvalue weighted by atomic mass is 19.4. The van der Waals surface area contributed by atoms with Crippen molar-refractivity contribution in [3.05, 3.63) is 0 Å². The van der Waals surface area contributed by atoms with Crippen LogP contribution in [-0.2, 0) is 4.79 Å². The van der Waals surface area contributed by atoms with Crippen LogP contribution in [-0.4, -0.2) is 42.3 Å². The van der Waals surface area contributed by atoms with Gasteiger partial charge in [-0.25, -0.2) is 0 Å². The van der Waals surface area contributed by atoms with E-state index >= 15 is 0 Å². The van der Waals surface area contributed by atoms with Crippen LogP contribution in [0.5, 0.6) is 0 Å². The summed E-state index contributed by atoms with van der Waals surface area (Å²) >= 11 is 0. The second kappa shape index (κ2) is 5.18. The number of rotatable bonds is 2. The van der Waals surface area contributed by atoms with Gasteiger partial charge in [0.2, 0.25) is 11.8 Å². The third-order valence-electron chi connectivity index (χ3n) is 3.31. The summed E-state index contributed by atoms with van der Waals surface area (Å²) in [6.07, 6.45) is -11.0. The SMILES string of the molecule is CC1CCN(C(=O)C(C(F)(F)F)C(F)(F)F)C1CN. The molecule has 0 spiro atoms. The van der Waals surface area contributed by atoms with Crippen LogP contribution in [0.4, 0.5) is 26.3 Å². The van der Waals surface area contributed by atoms with Gasteiger partial charge in [0.25, 0.3) is 0 Å². The van der Waals surface area contributed by atoms with Gasteiger partial charge in [-0.15, -0.1) is 0 Å². The lowest BCUT2D eigenvalue weighted by Crippen LogP contribution is -2.52. The van der Waals surface area contributed by atoms with Crippen molar-refractivity contribution in [2.75, 3.05) is 13.1 Å². The molecule has 19 heavy (non-hydrogen) atoms. The molecule has 1 aliphatic heterocycles. The molecule has 0 bridgehead atoms. The Morgan fingerprint density at radius 1 is 1.26 bits per heavy atom. The summed E-state index contributed by atoms with van der Waals surface area (Å²) in [4.78, 5) is 12.2. The molecule has 2 N–H and O–H groups in total. The molecular formula is C10H14F6N2O. The lowest BCUT2D eigenvalue weighted by atomic mass is 10.0. The van der Waals surface area contributed by atoms with Crippen molar-refractivity contribution in [2.45, 2.75) is 31.7 Å². The highest BCUT2D eigenvalue weighted by Crippen LogP contribution is 2.41. The van der Waals surface area contributed by atoms with Crippen molar-refractivity contribution >= 4 is 5.91 Å². The van der Waals surface area contributed by atoms with Crippen molar-refractivity contribution < 1.29 is 31.1 Å². The number of nitrogens with zero attached hydrogens (tertiary/aromatic N) is 1. The Hall–Kier alpha value is -0.990. The summed E-state index contributed by atoms with van der Waals surface area (Å²) in [6.45, 7) is 1.35. The zero-order valence-electron chi connectivity index (χ0n) is 10.1. The third-order valence-corrected chi connectivity index (χ3v) is 3.31. The van der Waals surface area contributed by atoms with Gasteiger partial charge in [0, 0.05) is 19.1 Å². The fourth-order valence-corrected chi connectivity index (χ4v) is 2.27. The second-order valence-electron chi connectivity index (χ2n) is 4.62. The van der Waals surface area contributed by atoms with E-state index in [-0.39, 0.29) is 19.0 Å². The van der Waals surface area contributed by atoms with Crippen molar-refractivity contribution in [1.82, 2.24) is 4.90 Å². The van der Waals surface area contributed by atoms with E-state index in [0.29, 0.717) is 11.3 Å². The predicted octanol–water partition coefficient (Wildman–Crippen LogP) is 1.92. The molecule has 1 heterocycles. The van der Waals surface area contributed by atoms with E-state index in [1.165, 1.54) is 0 Å². The molecule has 1 fully saturated rings. The maximum Gasteiger partial charge on any atom is 0.409 e. The minimum atomic E-state index is -5.65. The van der Waals surface area contributed by atoms with Crippen LogP contribution in [0, 0.1) is 11.8 Å². The van der Waals surface area contributed by atoms with E-state index in [1.807, 2.05) is 0 Å². The predicted molar refractivity (Wildman–Crippen MR) is 53.9 cm³/mol. The number of nitrogens with two attached hydrogens (primary N) is 1. The first-order valence-electron chi connectivity index (χ1n) is 5.64. The highest BCUT2D eigenvalue weighted by molar-refractivity contribution is 5.81. The van der Waals surface area contributed by atoms with E-state index in [4.69, 9.17) is 5.73 Å². The van der Waals surface area contributed by atoms with Crippen LogP contribution in [0.3, 0.4) is 0 Å². The van der Waals surface area contributed by atoms with Gasteiger partial charge in [0.15, 0.2) is 0 Å². The maximum atomic E-state index is 12.4. The molecule has 0 aliphatic carbocycles. The lowest BCUT2D eigenvalue weighted by Gasteiger charge is -2.31. The first-order valence-corrected chi connectivity index (χ1v) is 5.64. The number of likely N-dealkylation sites (tertiary alicyclic amines) is 1. The molecule has 1 aliphatic rings. The fourth-order valence-electron chi connectivity index (χ4n) is 2.27. The largest absolute Gasteiger partial charge is 0.409 e. The molecule has 0 aromatic carbocycles. The number of alkyl halides is 6. The zero-order valence-corrected chi connectivity index (χ0v) is 10.1. The average Bonchev–Trinajstić information content (AvgIpc) is 2.54. The van der Waals surface area contributed by atoms with Gasteiger partial charge in [0.05, 0.1) is 0 Å². The molecule has 2 atom stereocenters. The first-order chi connectivity index (χ1) is 8.50. The summed E-state index contributed by atoms with van der Waals surface area (Å²) < 4.78 is 74.7. The summed E-state index contributed by atoms with van der Waals surface area (Å²) in [5.41, 5.74) is 5.31. The lowest BCUT2D eigenvalue weighted by molar-refractivity contribution is -0.277. The van der Waals surface area contributed by atoms with Crippen molar-refractivity contribution in [3.63, 3.8) is 0 Å². The topological polar surface area (TPSA) is 46.3 Å². The van der Waals surface area contributed by atoms with Gasteiger partial charge in [-0.1, -0.05) is 6.92 Å². The Labute approximate surface area is 105 Å². The first kappa shape index (κ1) is 16.1. The fraction of sp³-hybridized carbons (Fsp3) is 0.900. The van der Waals surface area contributed by atoms with Gasteiger partial charge in [-0.2, -0.15) is 26.3 Å². The molecule has 1 saturated heterocycles. The Kier molecular flexibility index (Phi) is 4.38. The molecule has 1 amide bonds. The summed E-state index contributed by atoms with van der Waals surface area (Å²) in [6, 6.07) is -0.778. The molecule has 0 aromatic rings. The monoisotopic (exact) mass is 292 g/mol. The van der Waals surface area contributed by atoms with E-state index in [1.54, 1.807) is 6.92 Å². The van der Waals surface area contributed by atoms with Crippen LogP contribution in [0.1, 0.15) is 13.3 Å². The molecule has 9 heteroatoms. The van der Waals surface area contributed by atoms with Crippen molar-refractivity contribution in [2.24, 2.45) is 17.6 Å².